The molecular weight excluding hydrogens is 448 g/mol. The van der Waals surface area contributed by atoms with Crippen molar-refractivity contribution in [1.29, 1.82) is 0 Å². The molecule has 0 fully saturated rings. The molecule has 176 valence electrons. The van der Waals surface area contributed by atoms with Crippen LogP contribution in [0.25, 0.3) is 44.1 Å². The van der Waals surface area contributed by atoms with Gasteiger partial charge in [0.2, 0.25) is 11.4 Å². The van der Waals surface area contributed by atoms with Gasteiger partial charge in [0, 0.05) is 24.3 Å². The molecule has 0 aliphatic carbocycles. The van der Waals surface area contributed by atoms with Gasteiger partial charge in [-0.25, -0.2) is 0 Å². The van der Waals surface area contributed by atoms with E-state index in [4.69, 9.17) is 0 Å². The third kappa shape index (κ3) is 3.05. The topological polar surface area (TPSA) is 7.76 Å². The zero-order chi connectivity index (χ0) is 24.5. The minimum atomic E-state index is 0.385. The van der Waals surface area contributed by atoms with Crippen molar-refractivity contribution in [1.82, 2.24) is 0 Å². The van der Waals surface area contributed by atoms with Crippen LogP contribution in [0, 0.1) is 6.92 Å². The number of fused-ring (bicyclic) bond motifs is 10. The number of hydrogen-bond donors (Lipinski definition) is 0. The summed E-state index contributed by atoms with van der Waals surface area (Å²) >= 11 is 0. The lowest BCUT2D eigenvalue weighted by molar-refractivity contribution is -0.722. The van der Waals surface area contributed by atoms with E-state index in [2.05, 4.69) is 126 Å². The Kier molecular flexibility index (Phi) is 4.42. The second-order valence-electron chi connectivity index (χ2n) is 10.7. The predicted molar refractivity (Wildman–Crippen MR) is 149 cm³/mol. The highest BCUT2D eigenvalue weighted by atomic mass is 15.0. The summed E-state index contributed by atoms with van der Waals surface area (Å²) in [6.07, 6.45) is 5.49. The molecule has 1 atom stereocenters. The Balaban J connectivity index is 1.52. The number of pyridine rings is 2. The SMILES string of the molecule is Cc1c2cc3ccccc3c1-c1cccc[n+]1CC1C[n+]3ccccc3-c3c1c(cc1ccccc31)C2. The van der Waals surface area contributed by atoms with E-state index in [-0.39, 0.29) is 0 Å². The zero-order valence-corrected chi connectivity index (χ0v) is 21.0. The average Bonchev–Trinajstić information content (AvgIpc) is 2.93. The maximum Gasteiger partial charge on any atom is 0.213 e. The van der Waals surface area contributed by atoms with Gasteiger partial charge in [-0.1, -0.05) is 60.7 Å². The summed E-state index contributed by atoms with van der Waals surface area (Å²) in [7, 11) is 0. The molecular formula is C35H28N2+2. The number of benzene rings is 4. The van der Waals surface area contributed by atoms with Gasteiger partial charge in [-0.2, -0.15) is 9.13 Å². The van der Waals surface area contributed by atoms with Gasteiger partial charge in [0.15, 0.2) is 25.5 Å². The third-order valence-corrected chi connectivity index (χ3v) is 8.61. The van der Waals surface area contributed by atoms with Crippen LogP contribution in [0.3, 0.4) is 0 Å². The standard InChI is InChI=1S/C35H28N2/c1-23-26-18-24-10-2-4-12-29(24)33(23)31-14-6-8-16-36(31)21-28-22-37-17-9-7-15-32(37)35-30-13-5-3-11-25(30)19-27(20-26)34(28)35/h2-19,28H,20-22H2,1H3/q+2. The summed E-state index contributed by atoms with van der Waals surface area (Å²) in [4.78, 5) is 0. The summed E-state index contributed by atoms with van der Waals surface area (Å²) in [5.74, 6) is 0.385. The molecule has 0 saturated heterocycles. The first-order chi connectivity index (χ1) is 18.3. The van der Waals surface area contributed by atoms with Gasteiger partial charge in [0.25, 0.3) is 0 Å². The van der Waals surface area contributed by atoms with E-state index < -0.39 is 0 Å². The quantitative estimate of drug-likeness (QED) is 0.210. The molecule has 37 heavy (non-hydrogen) atoms. The number of nitrogens with zero attached hydrogens (tertiary/aromatic N) is 2. The summed E-state index contributed by atoms with van der Waals surface area (Å²) < 4.78 is 4.98. The van der Waals surface area contributed by atoms with Gasteiger partial charge in [-0.15, -0.1) is 0 Å². The van der Waals surface area contributed by atoms with Crippen molar-refractivity contribution in [2.45, 2.75) is 32.4 Å². The molecule has 0 amide bonds. The highest BCUT2D eigenvalue weighted by Crippen LogP contribution is 2.43. The fraction of sp³-hybridized carbons (Fsp3) is 0.143. The van der Waals surface area contributed by atoms with Crippen LogP contribution in [0.4, 0.5) is 0 Å². The van der Waals surface area contributed by atoms with Crippen molar-refractivity contribution >= 4 is 21.5 Å². The van der Waals surface area contributed by atoms with E-state index in [0.29, 0.717) is 5.92 Å². The maximum absolute atomic E-state index is 2.51. The maximum atomic E-state index is 2.51. The van der Waals surface area contributed by atoms with Crippen molar-refractivity contribution in [3.05, 3.63) is 132 Å². The fourth-order valence-corrected chi connectivity index (χ4v) is 6.98. The van der Waals surface area contributed by atoms with Gasteiger partial charge in [-0.05, 0) is 69.3 Å². The van der Waals surface area contributed by atoms with Gasteiger partial charge in [-0.3, -0.25) is 0 Å². The predicted octanol–water partition coefficient (Wildman–Crippen LogP) is 6.91. The molecule has 6 aromatic rings. The lowest BCUT2D eigenvalue weighted by atomic mass is 9.78. The van der Waals surface area contributed by atoms with Crippen LogP contribution in [0.5, 0.6) is 0 Å². The van der Waals surface area contributed by atoms with Crippen molar-refractivity contribution in [2.24, 2.45) is 0 Å². The summed E-state index contributed by atoms with van der Waals surface area (Å²) in [5.41, 5.74) is 11.3. The largest absolute Gasteiger partial charge is 0.213 e. The Morgan fingerprint density at radius 1 is 0.595 bits per heavy atom. The van der Waals surface area contributed by atoms with Crippen LogP contribution in [0.1, 0.15) is 28.2 Å². The molecule has 2 aliphatic heterocycles. The minimum Gasteiger partial charge on any atom is -0.197 e. The van der Waals surface area contributed by atoms with Gasteiger partial charge >= 0.3 is 0 Å². The van der Waals surface area contributed by atoms with E-state index in [1.165, 1.54) is 66.3 Å². The Hall–Kier alpha value is -4.30. The minimum absolute atomic E-state index is 0.385. The first kappa shape index (κ1) is 20.8. The highest BCUT2D eigenvalue weighted by molar-refractivity contribution is 6.00. The molecule has 8 rings (SSSR count). The molecule has 0 saturated carbocycles. The Morgan fingerprint density at radius 2 is 1.14 bits per heavy atom. The zero-order valence-electron chi connectivity index (χ0n) is 21.0. The van der Waals surface area contributed by atoms with Gasteiger partial charge < -0.3 is 0 Å². The van der Waals surface area contributed by atoms with E-state index in [9.17, 15) is 0 Å². The molecule has 4 heterocycles. The summed E-state index contributed by atoms with van der Waals surface area (Å²) in [6, 6.07) is 36.1. The number of rotatable bonds is 0. The third-order valence-electron chi connectivity index (χ3n) is 8.61. The summed E-state index contributed by atoms with van der Waals surface area (Å²) in [6.45, 7) is 4.27. The monoisotopic (exact) mass is 476 g/mol. The van der Waals surface area contributed by atoms with Crippen molar-refractivity contribution in [3.63, 3.8) is 0 Å². The van der Waals surface area contributed by atoms with Crippen molar-refractivity contribution < 1.29 is 9.13 Å². The average molecular weight is 477 g/mol. The molecule has 0 N–H and O–H groups in total. The molecule has 2 aromatic heterocycles. The Morgan fingerprint density at radius 3 is 1.81 bits per heavy atom. The van der Waals surface area contributed by atoms with Crippen molar-refractivity contribution in [3.8, 4) is 22.5 Å². The number of aromatic nitrogens is 2. The Bertz CT molecular complexity index is 1880. The lowest BCUT2D eigenvalue weighted by Gasteiger charge is -2.28. The van der Waals surface area contributed by atoms with Crippen LogP contribution >= 0.6 is 0 Å². The molecule has 0 radical (unpaired) electrons. The number of hydrogen-bond acceptors (Lipinski definition) is 0. The molecule has 4 aromatic carbocycles. The summed E-state index contributed by atoms with van der Waals surface area (Å²) in [5, 5.41) is 5.35. The van der Waals surface area contributed by atoms with Crippen LogP contribution in [0.2, 0.25) is 0 Å². The normalized spacial score (nSPS) is 15.6. The van der Waals surface area contributed by atoms with Crippen LogP contribution in [-0.4, -0.2) is 0 Å². The second-order valence-corrected chi connectivity index (χ2v) is 10.7. The van der Waals surface area contributed by atoms with E-state index in [1.807, 2.05) is 0 Å². The smallest absolute Gasteiger partial charge is 0.197 e. The Labute approximate surface area is 217 Å². The van der Waals surface area contributed by atoms with E-state index in [1.54, 1.807) is 0 Å². The van der Waals surface area contributed by atoms with Gasteiger partial charge in [0.1, 0.15) is 5.92 Å². The van der Waals surface area contributed by atoms with E-state index >= 15 is 0 Å². The molecule has 2 bridgehead atoms. The van der Waals surface area contributed by atoms with Crippen molar-refractivity contribution in [2.75, 3.05) is 0 Å². The lowest BCUT2D eigenvalue weighted by Crippen LogP contribution is -2.48. The van der Waals surface area contributed by atoms with Crippen LogP contribution < -0.4 is 9.13 Å². The van der Waals surface area contributed by atoms with Gasteiger partial charge in [0.05, 0.1) is 11.1 Å². The fourth-order valence-electron chi connectivity index (χ4n) is 6.98. The first-order valence-corrected chi connectivity index (χ1v) is 13.3. The first-order valence-electron chi connectivity index (χ1n) is 13.3. The molecule has 2 heteroatoms. The second kappa shape index (κ2) is 7.85. The molecule has 2 aliphatic rings. The van der Waals surface area contributed by atoms with Crippen LogP contribution in [0.15, 0.2) is 109 Å². The molecule has 1 unspecified atom stereocenters. The molecule has 0 spiro atoms. The highest BCUT2D eigenvalue weighted by Gasteiger charge is 2.37. The van der Waals surface area contributed by atoms with E-state index in [0.717, 1.165) is 19.5 Å². The van der Waals surface area contributed by atoms with Crippen LogP contribution in [-0.2, 0) is 19.5 Å². The molecule has 2 nitrogen and oxygen atoms in total.